The van der Waals surface area contributed by atoms with Crippen LogP contribution in [0.25, 0.3) is 0 Å². The van der Waals surface area contributed by atoms with Crippen LogP contribution in [0.2, 0.25) is 0 Å². The van der Waals surface area contributed by atoms with E-state index >= 15 is 0 Å². The molecule has 1 rings (SSSR count). The summed E-state index contributed by atoms with van der Waals surface area (Å²) < 4.78 is 10.1. The van der Waals surface area contributed by atoms with Gasteiger partial charge in [-0.3, -0.25) is 0 Å². The van der Waals surface area contributed by atoms with Gasteiger partial charge in [0.25, 0.3) is 0 Å². The van der Waals surface area contributed by atoms with Crippen LogP contribution in [0.1, 0.15) is 0 Å². The van der Waals surface area contributed by atoms with Gasteiger partial charge in [-0.15, -0.1) is 0 Å². The standard InChI is InChI=1S/C12H25NO10/c13-4(1-14)7(17)8(18)5(16)3-22-12-11(21)10(20)9(19)6(2-15)23-12/h4-12,14-21H,1-3,13H2/t4-,5+,6-,7+,8+,9-,10+,11-,12?/m1/s1. The maximum Gasteiger partial charge on any atom is 0.186 e. The first kappa shape index (κ1) is 20.6. The molecule has 11 nitrogen and oxygen atoms in total. The average Bonchev–Trinajstić information content (AvgIpc) is 2.56. The molecule has 0 amide bonds. The Labute approximate surface area is 132 Å². The van der Waals surface area contributed by atoms with E-state index in [4.69, 9.17) is 25.4 Å². The van der Waals surface area contributed by atoms with Gasteiger partial charge in [0.1, 0.15) is 36.6 Å². The van der Waals surface area contributed by atoms with Gasteiger partial charge >= 0.3 is 0 Å². The van der Waals surface area contributed by atoms with Crippen LogP contribution in [0.4, 0.5) is 0 Å². The SMILES string of the molecule is N[C@H](CO)[C@H](O)[C@@H](O)[C@@H](O)COC1O[C@H](CO)[C@@H](O)[C@H](O)[C@H]1O. The van der Waals surface area contributed by atoms with E-state index in [1.165, 1.54) is 0 Å². The third kappa shape index (κ3) is 5.01. The highest BCUT2D eigenvalue weighted by Gasteiger charge is 2.44. The zero-order valence-corrected chi connectivity index (χ0v) is 12.3. The first-order valence-electron chi connectivity index (χ1n) is 7.07. The predicted molar refractivity (Wildman–Crippen MR) is 72.8 cm³/mol. The molecule has 1 fully saturated rings. The number of nitrogens with two attached hydrogens (primary N) is 1. The van der Waals surface area contributed by atoms with Crippen LogP contribution in [-0.2, 0) is 9.47 Å². The number of aliphatic hydroxyl groups excluding tert-OH is 8. The first-order chi connectivity index (χ1) is 10.7. The Bertz CT molecular complexity index is 346. The van der Waals surface area contributed by atoms with Crippen LogP contribution in [0.5, 0.6) is 0 Å². The highest BCUT2D eigenvalue weighted by molar-refractivity contribution is 4.89. The van der Waals surface area contributed by atoms with Crippen molar-refractivity contribution in [1.82, 2.24) is 0 Å². The smallest absolute Gasteiger partial charge is 0.186 e. The molecule has 23 heavy (non-hydrogen) atoms. The summed E-state index contributed by atoms with van der Waals surface area (Å²) in [5.41, 5.74) is 5.32. The Balaban J connectivity index is 2.55. The van der Waals surface area contributed by atoms with Crippen molar-refractivity contribution < 1.29 is 50.3 Å². The van der Waals surface area contributed by atoms with Crippen LogP contribution in [0, 0.1) is 0 Å². The summed E-state index contributed by atoms with van der Waals surface area (Å²) in [5, 5.41) is 75.6. The van der Waals surface area contributed by atoms with Crippen LogP contribution >= 0.6 is 0 Å². The minimum atomic E-state index is -1.73. The van der Waals surface area contributed by atoms with Crippen LogP contribution in [-0.4, -0.2) is 116 Å². The Morgan fingerprint density at radius 1 is 0.957 bits per heavy atom. The molecule has 9 atom stereocenters. The highest BCUT2D eigenvalue weighted by Crippen LogP contribution is 2.22. The second-order valence-corrected chi connectivity index (χ2v) is 5.43. The fraction of sp³-hybridized carbons (Fsp3) is 1.00. The molecule has 0 aromatic rings. The zero-order valence-electron chi connectivity index (χ0n) is 12.3. The lowest BCUT2D eigenvalue weighted by molar-refractivity contribution is -0.306. The minimum Gasteiger partial charge on any atom is -0.395 e. The molecule has 0 aliphatic carbocycles. The van der Waals surface area contributed by atoms with Gasteiger partial charge in [-0.05, 0) is 0 Å². The van der Waals surface area contributed by atoms with Gasteiger partial charge in [-0.1, -0.05) is 0 Å². The average molecular weight is 343 g/mol. The van der Waals surface area contributed by atoms with E-state index in [2.05, 4.69) is 0 Å². The molecule has 1 heterocycles. The lowest BCUT2D eigenvalue weighted by atomic mass is 9.99. The molecule has 0 aromatic heterocycles. The van der Waals surface area contributed by atoms with Crippen LogP contribution in [0.3, 0.4) is 0 Å². The summed E-state index contributed by atoms with van der Waals surface area (Å²) in [6.07, 6.45) is -12.5. The van der Waals surface area contributed by atoms with Gasteiger partial charge in [-0.2, -0.15) is 0 Å². The second kappa shape index (κ2) is 9.15. The fourth-order valence-corrected chi connectivity index (χ4v) is 2.09. The molecule has 1 aliphatic heterocycles. The normalized spacial score (nSPS) is 37.2. The molecule has 11 heteroatoms. The van der Waals surface area contributed by atoms with Crippen LogP contribution in [0.15, 0.2) is 0 Å². The van der Waals surface area contributed by atoms with Gasteiger partial charge < -0.3 is 56.1 Å². The number of rotatable bonds is 8. The Kier molecular flexibility index (Phi) is 8.20. The number of hydrogen-bond acceptors (Lipinski definition) is 11. The third-order valence-electron chi connectivity index (χ3n) is 3.67. The lowest BCUT2D eigenvalue weighted by Crippen LogP contribution is -2.59. The summed E-state index contributed by atoms with van der Waals surface area (Å²) in [6.45, 7) is -1.86. The molecule has 1 aliphatic rings. The quantitative estimate of drug-likeness (QED) is 0.203. The summed E-state index contributed by atoms with van der Waals surface area (Å²) in [5.74, 6) is 0. The first-order valence-corrected chi connectivity index (χ1v) is 7.07. The molecule has 0 aromatic carbocycles. The van der Waals surface area contributed by atoms with Crippen molar-refractivity contribution in [1.29, 1.82) is 0 Å². The van der Waals surface area contributed by atoms with E-state index in [0.29, 0.717) is 0 Å². The lowest BCUT2D eigenvalue weighted by Gasteiger charge is -2.40. The largest absolute Gasteiger partial charge is 0.395 e. The van der Waals surface area contributed by atoms with E-state index in [-0.39, 0.29) is 0 Å². The van der Waals surface area contributed by atoms with Crippen LogP contribution < -0.4 is 5.73 Å². The van der Waals surface area contributed by atoms with Gasteiger partial charge in [0.15, 0.2) is 6.29 Å². The molecule has 1 saturated heterocycles. The minimum absolute atomic E-state index is 0.612. The van der Waals surface area contributed by atoms with E-state index in [1.54, 1.807) is 0 Å². The molecular weight excluding hydrogens is 318 g/mol. The summed E-state index contributed by atoms with van der Waals surface area (Å²) >= 11 is 0. The second-order valence-electron chi connectivity index (χ2n) is 5.43. The number of ether oxygens (including phenoxy) is 2. The number of hydrogen-bond donors (Lipinski definition) is 9. The molecule has 0 bridgehead atoms. The maximum atomic E-state index is 9.72. The van der Waals surface area contributed by atoms with Crippen molar-refractivity contribution in [2.45, 2.75) is 55.1 Å². The van der Waals surface area contributed by atoms with Crippen molar-refractivity contribution in [3.05, 3.63) is 0 Å². The third-order valence-corrected chi connectivity index (χ3v) is 3.67. The summed E-state index contributed by atoms with van der Waals surface area (Å²) in [7, 11) is 0. The Morgan fingerprint density at radius 3 is 2.09 bits per heavy atom. The van der Waals surface area contributed by atoms with Crippen molar-refractivity contribution in [3.8, 4) is 0 Å². The van der Waals surface area contributed by atoms with E-state index < -0.39 is 74.9 Å². The molecule has 1 unspecified atom stereocenters. The van der Waals surface area contributed by atoms with Crippen molar-refractivity contribution >= 4 is 0 Å². The predicted octanol–water partition coefficient (Wildman–Crippen LogP) is -5.79. The van der Waals surface area contributed by atoms with E-state index in [1.807, 2.05) is 0 Å². The fourth-order valence-electron chi connectivity index (χ4n) is 2.09. The highest BCUT2D eigenvalue weighted by atomic mass is 16.7. The Morgan fingerprint density at radius 2 is 1.57 bits per heavy atom. The molecule has 138 valence electrons. The van der Waals surface area contributed by atoms with Crippen molar-refractivity contribution in [2.75, 3.05) is 19.8 Å². The van der Waals surface area contributed by atoms with Gasteiger partial charge in [0.2, 0.25) is 0 Å². The Hall–Kier alpha value is -0.440. The van der Waals surface area contributed by atoms with Crippen molar-refractivity contribution in [2.24, 2.45) is 5.73 Å². The van der Waals surface area contributed by atoms with Crippen molar-refractivity contribution in [3.63, 3.8) is 0 Å². The molecule has 0 spiro atoms. The topological polar surface area (TPSA) is 206 Å². The maximum absolute atomic E-state index is 9.72. The summed E-state index contributed by atoms with van der Waals surface area (Å²) in [6, 6.07) is -1.17. The zero-order chi connectivity index (χ0) is 17.7. The van der Waals surface area contributed by atoms with Gasteiger partial charge in [0.05, 0.1) is 32.0 Å². The monoisotopic (exact) mass is 343 g/mol. The molecule has 10 N–H and O–H groups in total. The molecule has 0 saturated carbocycles. The number of aliphatic hydroxyl groups is 8. The van der Waals surface area contributed by atoms with E-state index in [9.17, 15) is 30.6 Å². The van der Waals surface area contributed by atoms with Gasteiger partial charge in [-0.25, -0.2) is 0 Å². The van der Waals surface area contributed by atoms with E-state index in [0.717, 1.165) is 0 Å². The molecular formula is C12H25NO10. The van der Waals surface area contributed by atoms with Gasteiger partial charge in [0, 0.05) is 0 Å². The summed E-state index contributed by atoms with van der Waals surface area (Å²) in [4.78, 5) is 0. The molecule has 0 radical (unpaired) electrons.